The zero-order valence-electron chi connectivity index (χ0n) is 12.9. The van der Waals surface area contributed by atoms with Crippen molar-refractivity contribution < 1.29 is 28.3 Å². The molecule has 0 spiro atoms. The molecule has 0 fully saturated rings. The molecule has 3 N–H and O–H groups in total. The number of nitrogens with one attached hydrogen (secondary N) is 1. The number of furan rings is 1. The summed E-state index contributed by atoms with van der Waals surface area (Å²) < 4.78 is 15.0. The molecule has 122 valence electrons. The van der Waals surface area contributed by atoms with Crippen LogP contribution in [0.4, 0.5) is 10.7 Å². The molecule has 8 nitrogen and oxygen atoms in total. The first-order chi connectivity index (χ1) is 10.4. The van der Waals surface area contributed by atoms with Gasteiger partial charge in [0.25, 0.3) is 5.91 Å². The van der Waals surface area contributed by atoms with Gasteiger partial charge in [0.15, 0.2) is 0 Å². The molecule has 1 heterocycles. The SMILES string of the molecule is CCCCOC(=O)Nc1oc(C)c(C(=O)OCC)c1C(N)=O. The second kappa shape index (κ2) is 8.06. The molecule has 2 amide bonds. The summed E-state index contributed by atoms with van der Waals surface area (Å²) in [5.74, 6) is -1.76. The van der Waals surface area contributed by atoms with Crippen LogP contribution < -0.4 is 11.1 Å². The van der Waals surface area contributed by atoms with E-state index in [1.54, 1.807) is 6.92 Å². The van der Waals surface area contributed by atoms with E-state index in [9.17, 15) is 14.4 Å². The molecule has 8 heteroatoms. The minimum Gasteiger partial charge on any atom is -0.462 e. The van der Waals surface area contributed by atoms with Crippen molar-refractivity contribution in [3.05, 3.63) is 16.9 Å². The summed E-state index contributed by atoms with van der Waals surface area (Å²) in [7, 11) is 0. The zero-order chi connectivity index (χ0) is 16.7. The first-order valence-corrected chi connectivity index (χ1v) is 6.96. The van der Waals surface area contributed by atoms with Gasteiger partial charge in [0, 0.05) is 0 Å². The lowest BCUT2D eigenvalue weighted by Crippen LogP contribution is -2.20. The van der Waals surface area contributed by atoms with Crippen LogP contribution in [0.3, 0.4) is 0 Å². The third-order valence-electron chi connectivity index (χ3n) is 2.76. The third kappa shape index (κ3) is 4.24. The van der Waals surface area contributed by atoms with Gasteiger partial charge < -0.3 is 19.6 Å². The number of nitrogens with two attached hydrogens (primary N) is 1. The Morgan fingerprint density at radius 2 is 1.86 bits per heavy atom. The van der Waals surface area contributed by atoms with E-state index in [1.807, 2.05) is 6.92 Å². The highest BCUT2D eigenvalue weighted by atomic mass is 16.6. The van der Waals surface area contributed by atoms with E-state index < -0.39 is 18.0 Å². The Morgan fingerprint density at radius 1 is 1.18 bits per heavy atom. The van der Waals surface area contributed by atoms with Crippen molar-refractivity contribution in [2.75, 3.05) is 18.5 Å². The molecule has 0 bridgehead atoms. The number of esters is 1. The summed E-state index contributed by atoms with van der Waals surface area (Å²) >= 11 is 0. The highest BCUT2D eigenvalue weighted by Crippen LogP contribution is 2.27. The lowest BCUT2D eigenvalue weighted by atomic mass is 10.1. The fraction of sp³-hybridized carbons (Fsp3) is 0.500. The molecule has 0 aliphatic heterocycles. The molecule has 0 radical (unpaired) electrons. The van der Waals surface area contributed by atoms with E-state index in [1.165, 1.54) is 6.92 Å². The fourth-order valence-corrected chi connectivity index (χ4v) is 1.75. The Kier molecular flexibility index (Phi) is 6.43. The molecule has 0 aliphatic carbocycles. The van der Waals surface area contributed by atoms with Gasteiger partial charge in [-0.05, 0) is 20.3 Å². The van der Waals surface area contributed by atoms with E-state index in [-0.39, 0.29) is 36.0 Å². The number of aryl methyl sites for hydroxylation is 1. The van der Waals surface area contributed by atoms with Crippen molar-refractivity contribution in [3.63, 3.8) is 0 Å². The maximum atomic E-state index is 11.9. The number of amides is 2. The number of rotatable bonds is 7. The van der Waals surface area contributed by atoms with Gasteiger partial charge >= 0.3 is 12.1 Å². The van der Waals surface area contributed by atoms with Crippen LogP contribution in [0.15, 0.2) is 4.42 Å². The highest BCUT2D eigenvalue weighted by Gasteiger charge is 2.29. The number of primary amides is 1. The first-order valence-electron chi connectivity index (χ1n) is 6.96. The van der Waals surface area contributed by atoms with Crippen molar-refractivity contribution in [2.24, 2.45) is 5.73 Å². The van der Waals surface area contributed by atoms with Crippen LogP contribution in [0.5, 0.6) is 0 Å². The molecule has 0 aromatic carbocycles. The minimum absolute atomic E-state index is 0.0989. The number of ether oxygens (including phenoxy) is 2. The van der Waals surface area contributed by atoms with Gasteiger partial charge in [-0.15, -0.1) is 0 Å². The van der Waals surface area contributed by atoms with Gasteiger partial charge in [0.2, 0.25) is 5.88 Å². The summed E-state index contributed by atoms with van der Waals surface area (Å²) in [6.07, 6.45) is 0.786. The summed E-state index contributed by atoms with van der Waals surface area (Å²) in [6, 6.07) is 0. The molecular formula is C14H20N2O6. The van der Waals surface area contributed by atoms with Crippen molar-refractivity contribution in [1.82, 2.24) is 0 Å². The maximum absolute atomic E-state index is 11.9. The van der Waals surface area contributed by atoms with Gasteiger partial charge in [-0.2, -0.15) is 0 Å². The van der Waals surface area contributed by atoms with Crippen LogP contribution in [-0.2, 0) is 9.47 Å². The Labute approximate surface area is 127 Å². The van der Waals surface area contributed by atoms with Gasteiger partial charge in [0.1, 0.15) is 16.9 Å². The van der Waals surface area contributed by atoms with Crippen molar-refractivity contribution in [2.45, 2.75) is 33.6 Å². The quantitative estimate of drug-likeness (QED) is 0.588. The smallest absolute Gasteiger partial charge is 0.413 e. The molecule has 0 atom stereocenters. The zero-order valence-corrected chi connectivity index (χ0v) is 12.9. The van der Waals surface area contributed by atoms with Crippen molar-refractivity contribution >= 4 is 23.9 Å². The van der Waals surface area contributed by atoms with E-state index in [4.69, 9.17) is 19.6 Å². The Balaban J connectivity index is 3.00. The summed E-state index contributed by atoms with van der Waals surface area (Å²) in [6.45, 7) is 5.41. The van der Waals surface area contributed by atoms with Gasteiger partial charge in [-0.1, -0.05) is 13.3 Å². The number of unbranched alkanes of at least 4 members (excludes halogenated alkanes) is 1. The first kappa shape index (κ1) is 17.5. The lowest BCUT2D eigenvalue weighted by Gasteiger charge is -2.05. The highest BCUT2D eigenvalue weighted by molar-refractivity contribution is 6.10. The van der Waals surface area contributed by atoms with Crippen LogP contribution in [-0.4, -0.2) is 31.2 Å². The van der Waals surface area contributed by atoms with Crippen LogP contribution in [0.25, 0.3) is 0 Å². The number of carbonyl (C=O) groups excluding carboxylic acids is 3. The molecule has 1 aromatic rings. The number of anilines is 1. The van der Waals surface area contributed by atoms with E-state index >= 15 is 0 Å². The summed E-state index contributed by atoms with van der Waals surface area (Å²) in [4.78, 5) is 35.1. The second-order valence-electron chi connectivity index (χ2n) is 4.44. The Morgan fingerprint density at radius 3 is 2.41 bits per heavy atom. The third-order valence-corrected chi connectivity index (χ3v) is 2.76. The topological polar surface area (TPSA) is 121 Å². The Bertz CT molecular complexity index is 564. The molecule has 0 saturated heterocycles. The standard InChI is InChI=1S/C14H20N2O6/c1-4-6-7-21-14(19)16-12-10(11(15)17)9(8(3)22-12)13(18)20-5-2/h4-7H2,1-3H3,(H2,15,17)(H,16,19). The van der Waals surface area contributed by atoms with Crippen molar-refractivity contribution in [3.8, 4) is 0 Å². The summed E-state index contributed by atoms with van der Waals surface area (Å²) in [5.41, 5.74) is 4.93. The van der Waals surface area contributed by atoms with E-state index in [0.29, 0.717) is 6.42 Å². The van der Waals surface area contributed by atoms with Crippen LogP contribution in [0, 0.1) is 6.92 Å². The largest absolute Gasteiger partial charge is 0.462 e. The molecule has 0 unspecified atom stereocenters. The average molecular weight is 312 g/mol. The number of carbonyl (C=O) groups is 3. The minimum atomic E-state index is -0.913. The van der Waals surface area contributed by atoms with Gasteiger partial charge in [-0.25, -0.2) is 9.59 Å². The molecule has 0 aliphatic rings. The molecule has 1 aromatic heterocycles. The average Bonchev–Trinajstić information content (AvgIpc) is 2.75. The van der Waals surface area contributed by atoms with Gasteiger partial charge in [-0.3, -0.25) is 10.1 Å². The van der Waals surface area contributed by atoms with Crippen LogP contribution in [0.1, 0.15) is 53.2 Å². The fourth-order valence-electron chi connectivity index (χ4n) is 1.75. The molecular weight excluding hydrogens is 292 g/mol. The predicted octanol–water partition coefficient (Wildman–Crippen LogP) is 2.21. The number of hydrogen-bond donors (Lipinski definition) is 2. The lowest BCUT2D eigenvalue weighted by molar-refractivity contribution is 0.0521. The maximum Gasteiger partial charge on any atom is 0.413 e. The van der Waals surface area contributed by atoms with E-state index in [2.05, 4.69) is 5.32 Å². The predicted molar refractivity (Wildman–Crippen MR) is 77.8 cm³/mol. The van der Waals surface area contributed by atoms with Crippen LogP contribution >= 0.6 is 0 Å². The molecule has 22 heavy (non-hydrogen) atoms. The van der Waals surface area contributed by atoms with Gasteiger partial charge in [0.05, 0.1) is 13.2 Å². The van der Waals surface area contributed by atoms with Crippen LogP contribution in [0.2, 0.25) is 0 Å². The molecule has 0 saturated carbocycles. The van der Waals surface area contributed by atoms with Crippen molar-refractivity contribution in [1.29, 1.82) is 0 Å². The second-order valence-corrected chi connectivity index (χ2v) is 4.44. The molecule has 1 rings (SSSR count). The normalized spacial score (nSPS) is 10.1. The number of hydrogen-bond acceptors (Lipinski definition) is 6. The van der Waals surface area contributed by atoms with E-state index in [0.717, 1.165) is 6.42 Å². The Hall–Kier alpha value is -2.51. The monoisotopic (exact) mass is 312 g/mol. The summed E-state index contributed by atoms with van der Waals surface area (Å²) in [5, 5.41) is 2.27.